The predicted octanol–water partition coefficient (Wildman–Crippen LogP) is 3.57. The van der Waals surface area contributed by atoms with Gasteiger partial charge in [-0.15, -0.1) is 0 Å². The third kappa shape index (κ3) is 6.77. The van der Waals surface area contributed by atoms with Crippen molar-refractivity contribution in [2.24, 2.45) is 0 Å². The molecule has 0 heterocycles. The number of aliphatic hydroxyl groups is 1. The maximum atomic E-state index is 9.64. The highest BCUT2D eigenvalue weighted by molar-refractivity contribution is 5.28. The average Bonchev–Trinajstić information content (AvgIpc) is 2.67. The van der Waals surface area contributed by atoms with E-state index in [2.05, 4.69) is 24.4 Å². The van der Waals surface area contributed by atoms with Crippen LogP contribution < -0.4 is 14.8 Å². The highest BCUT2D eigenvalue weighted by Crippen LogP contribution is 2.15. The molecule has 0 unspecified atom stereocenters. The molecule has 2 N–H and O–H groups in total. The molecule has 4 nitrogen and oxygen atoms in total. The minimum atomic E-state index is 0.0222. The lowest BCUT2D eigenvalue weighted by molar-refractivity contribution is 0.240. The number of hydrogen-bond donors (Lipinski definition) is 2. The number of nitrogens with one attached hydrogen (secondary N) is 1. The van der Waals surface area contributed by atoms with Crippen molar-refractivity contribution in [1.82, 2.24) is 5.32 Å². The lowest BCUT2D eigenvalue weighted by Crippen LogP contribution is -2.34. The molecule has 0 fully saturated rings. The summed E-state index contributed by atoms with van der Waals surface area (Å²) in [6.07, 6.45) is 2.99. The molecular weight excluding hydrogens is 314 g/mol. The van der Waals surface area contributed by atoms with Crippen molar-refractivity contribution in [3.05, 3.63) is 59.7 Å². The molecule has 4 heteroatoms. The second kappa shape index (κ2) is 10.7. The summed E-state index contributed by atoms with van der Waals surface area (Å²) in [5.74, 6) is 1.76. The summed E-state index contributed by atoms with van der Waals surface area (Å²) >= 11 is 0. The molecule has 0 aliphatic carbocycles. The molecular formula is C21H29NO3. The Kier molecular flexibility index (Phi) is 8.29. The fourth-order valence-electron chi connectivity index (χ4n) is 2.55. The van der Waals surface area contributed by atoms with E-state index in [1.807, 2.05) is 36.4 Å². The molecule has 136 valence electrons. The van der Waals surface area contributed by atoms with Gasteiger partial charge in [0.05, 0.1) is 20.3 Å². The minimum Gasteiger partial charge on any atom is -0.497 e. The lowest BCUT2D eigenvalue weighted by atomic mass is 10.1. The highest BCUT2D eigenvalue weighted by Gasteiger charge is 2.08. The van der Waals surface area contributed by atoms with E-state index in [-0.39, 0.29) is 12.6 Å². The maximum Gasteiger partial charge on any atom is 0.119 e. The van der Waals surface area contributed by atoms with Gasteiger partial charge in [-0.1, -0.05) is 37.6 Å². The van der Waals surface area contributed by atoms with Crippen LogP contribution in [0.5, 0.6) is 11.5 Å². The Labute approximate surface area is 150 Å². The van der Waals surface area contributed by atoms with Crippen molar-refractivity contribution < 1.29 is 14.6 Å². The van der Waals surface area contributed by atoms with Gasteiger partial charge in [0.15, 0.2) is 0 Å². The zero-order valence-corrected chi connectivity index (χ0v) is 15.2. The summed E-state index contributed by atoms with van der Waals surface area (Å²) in [7, 11) is 1.66. The minimum absolute atomic E-state index is 0.0222. The van der Waals surface area contributed by atoms with E-state index < -0.39 is 0 Å². The van der Waals surface area contributed by atoms with Gasteiger partial charge < -0.3 is 19.9 Å². The molecule has 25 heavy (non-hydrogen) atoms. The Balaban J connectivity index is 1.81. The van der Waals surface area contributed by atoms with Crippen molar-refractivity contribution in [1.29, 1.82) is 0 Å². The molecule has 2 rings (SSSR count). The standard InChI is InChI=1S/C21H29NO3/c1-3-4-13-25-21-11-5-17(6-12-21)14-19(16-23)22-15-18-7-9-20(24-2)10-8-18/h5-12,19,22-23H,3-4,13-16H2,1-2H3/t19-/m0/s1. The van der Waals surface area contributed by atoms with Crippen LogP contribution in [0.2, 0.25) is 0 Å². The Morgan fingerprint density at radius 1 is 0.960 bits per heavy atom. The molecule has 2 aromatic rings. The van der Waals surface area contributed by atoms with Gasteiger partial charge in [-0.05, 0) is 48.2 Å². The van der Waals surface area contributed by atoms with E-state index in [9.17, 15) is 5.11 Å². The SMILES string of the molecule is CCCCOc1ccc(C[C@@H](CO)NCc2ccc(OC)cc2)cc1. The number of ether oxygens (including phenoxy) is 2. The fraction of sp³-hybridized carbons (Fsp3) is 0.429. The van der Waals surface area contributed by atoms with E-state index in [0.717, 1.165) is 37.4 Å². The van der Waals surface area contributed by atoms with Gasteiger partial charge in [-0.3, -0.25) is 0 Å². The van der Waals surface area contributed by atoms with Crippen molar-refractivity contribution in [3.63, 3.8) is 0 Å². The second-order valence-electron chi connectivity index (χ2n) is 6.16. The number of rotatable bonds is 11. The topological polar surface area (TPSA) is 50.7 Å². The molecule has 0 bridgehead atoms. The van der Waals surface area contributed by atoms with Gasteiger partial charge >= 0.3 is 0 Å². The van der Waals surface area contributed by atoms with Crippen molar-refractivity contribution >= 4 is 0 Å². The zero-order valence-electron chi connectivity index (χ0n) is 15.2. The number of hydrogen-bond acceptors (Lipinski definition) is 4. The summed E-state index contributed by atoms with van der Waals surface area (Å²) in [5, 5.41) is 13.0. The van der Waals surface area contributed by atoms with Crippen LogP contribution in [-0.4, -0.2) is 31.5 Å². The molecule has 0 saturated heterocycles. The highest BCUT2D eigenvalue weighted by atomic mass is 16.5. The second-order valence-corrected chi connectivity index (χ2v) is 6.16. The Bertz CT molecular complexity index is 596. The van der Waals surface area contributed by atoms with Crippen molar-refractivity contribution in [3.8, 4) is 11.5 Å². The molecule has 0 amide bonds. The van der Waals surface area contributed by atoms with E-state index in [1.54, 1.807) is 7.11 Å². The van der Waals surface area contributed by atoms with Crippen LogP contribution in [0.3, 0.4) is 0 Å². The van der Waals surface area contributed by atoms with E-state index in [1.165, 1.54) is 11.1 Å². The first kappa shape index (κ1) is 19.3. The summed E-state index contributed by atoms with van der Waals surface area (Å²) in [4.78, 5) is 0. The Morgan fingerprint density at radius 3 is 2.20 bits per heavy atom. The van der Waals surface area contributed by atoms with Crippen LogP contribution >= 0.6 is 0 Å². The largest absolute Gasteiger partial charge is 0.497 e. The third-order valence-corrected chi connectivity index (χ3v) is 4.15. The van der Waals surface area contributed by atoms with Crippen LogP contribution in [0, 0.1) is 0 Å². The summed E-state index contributed by atoms with van der Waals surface area (Å²) in [6, 6.07) is 16.1. The van der Waals surface area contributed by atoms with Gasteiger partial charge in [0.25, 0.3) is 0 Å². The van der Waals surface area contributed by atoms with Gasteiger partial charge in [0.2, 0.25) is 0 Å². The molecule has 0 radical (unpaired) electrons. The number of unbranched alkanes of at least 4 members (excludes halogenated alkanes) is 1. The summed E-state index contributed by atoms with van der Waals surface area (Å²) in [5.41, 5.74) is 2.35. The van der Waals surface area contributed by atoms with Gasteiger partial charge in [-0.25, -0.2) is 0 Å². The summed E-state index contributed by atoms with van der Waals surface area (Å²) < 4.78 is 10.8. The van der Waals surface area contributed by atoms with Gasteiger partial charge in [0.1, 0.15) is 11.5 Å². The molecule has 0 aliphatic rings. The first-order valence-electron chi connectivity index (χ1n) is 8.94. The van der Waals surface area contributed by atoms with Crippen LogP contribution in [0.1, 0.15) is 30.9 Å². The Morgan fingerprint density at radius 2 is 1.60 bits per heavy atom. The first-order chi connectivity index (χ1) is 12.2. The maximum absolute atomic E-state index is 9.64. The third-order valence-electron chi connectivity index (χ3n) is 4.15. The van der Waals surface area contributed by atoms with Gasteiger partial charge in [-0.2, -0.15) is 0 Å². The van der Waals surface area contributed by atoms with Crippen LogP contribution in [0.25, 0.3) is 0 Å². The van der Waals surface area contributed by atoms with E-state index >= 15 is 0 Å². The first-order valence-corrected chi connectivity index (χ1v) is 8.94. The number of methoxy groups -OCH3 is 1. The van der Waals surface area contributed by atoms with Crippen molar-refractivity contribution in [2.45, 2.75) is 38.8 Å². The van der Waals surface area contributed by atoms with Crippen LogP contribution in [0.15, 0.2) is 48.5 Å². The molecule has 0 aliphatic heterocycles. The molecule has 1 atom stereocenters. The quantitative estimate of drug-likeness (QED) is 0.613. The number of benzene rings is 2. The van der Waals surface area contributed by atoms with E-state index in [4.69, 9.17) is 9.47 Å². The Hall–Kier alpha value is -2.04. The zero-order chi connectivity index (χ0) is 17.9. The van der Waals surface area contributed by atoms with Crippen molar-refractivity contribution in [2.75, 3.05) is 20.3 Å². The van der Waals surface area contributed by atoms with E-state index in [0.29, 0.717) is 6.54 Å². The summed E-state index contributed by atoms with van der Waals surface area (Å²) in [6.45, 7) is 3.73. The average molecular weight is 343 g/mol. The monoisotopic (exact) mass is 343 g/mol. The molecule has 0 saturated carbocycles. The predicted molar refractivity (Wildman–Crippen MR) is 101 cm³/mol. The van der Waals surface area contributed by atoms with Gasteiger partial charge in [0, 0.05) is 12.6 Å². The molecule has 2 aromatic carbocycles. The molecule has 0 spiro atoms. The van der Waals surface area contributed by atoms with Crippen LogP contribution in [0.4, 0.5) is 0 Å². The fourth-order valence-corrected chi connectivity index (χ4v) is 2.55. The van der Waals surface area contributed by atoms with Crippen LogP contribution in [-0.2, 0) is 13.0 Å². The molecule has 0 aromatic heterocycles. The smallest absolute Gasteiger partial charge is 0.119 e. The number of aliphatic hydroxyl groups excluding tert-OH is 1. The lowest BCUT2D eigenvalue weighted by Gasteiger charge is -2.17. The normalized spacial score (nSPS) is 12.0.